The van der Waals surface area contributed by atoms with E-state index in [-0.39, 0.29) is 0 Å². The van der Waals surface area contributed by atoms with Crippen molar-refractivity contribution in [2.45, 2.75) is 51.4 Å². The third-order valence-electron chi connectivity index (χ3n) is 4.41. The first-order valence-electron chi connectivity index (χ1n) is 7.21. The summed E-state index contributed by atoms with van der Waals surface area (Å²) in [5, 5.41) is 0. The molecule has 0 aliphatic heterocycles. The Hall–Kier alpha value is -1.30. The van der Waals surface area contributed by atoms with Gasteiger partial charge in [0, 0.05) is 0 Å². The van der Waals surface area contributed by atoms with Crippen molar-refractivity contribution in [3.8, 4) is 0 Å². The lowest BCUT2D eigenvalue weighted by Gasteiger charge is -2.34. The summed E-state index contributed by atoms with van der Waals surface area (Å²) in [7, 11) is 0. The van der Waals surface area contributed by atoms with Gasteiger partial charge in [-0.25, -0.2) is 0 Å². The fourth-order valence-corrected chi connectivity index (χ4v) is 3.04. The summed E-state index contributed by atoms with van der Waals surface area (Å²) in [5.74, 6) is 0. The van der Waals surface area contributed by atoms with E-state index in [1.54, 1.807) is 5.57 Å². The van der Waals surface area contributed by atoms with Gasteiger partial charge in [0.25, 0.3) is 0 Å². The Bertz CT molecular complexity index is 419. The molecule has 0 heteroatoms. The SMILES string of the molecule is CCC(CC)(CC1=CC=CCC1)c1ccccc1. The summed E-state index contributed by atoms with van der Waals surface area (Å²) < 4.78 is 0. The van der Waals surface area contributed by atoms with Gasteiger partial charge in [-0.15, -0.1) is 0 Å². The minimum atomic E-state index is 0.332. The minimum Gasteiger partial charge on any atom is -0.0842 e. The largest absolute Gasteiger partial charge is 0.0842 e. The summed E-state index contributed by atoms with van der Waals surface area (Å²) in [6.07, 6.45) is 12.9. The van der Waals surface area contributed by atoms with E-state index in [0.29, 0.717) is 5.41 Å². The lowest BCUT2D eigenvalue weighted by atomic mass is 9.70. The van der Waals surface area contributed by atoms with Crippen LogP contribution in [0, 0.1) is 0 Å². The standard InChI is InChI=1S/C18H24/c1-3-18(4-2,17-13-9-6-10-14-17)15-16-11-7-5-8-12-16/h5-7,9-11,13-14H,3-4,8,12,15H2,1-2H3. The van der Waals surface area contributed by atoms with E-state index in [1.165, 1.54) is 37.7 Å². The van der Waals surface area contributed by atoms with Crippen molar-refractivity contribution in [2.24, 2.45) is 0 Å². The molecule has 1 aliphatic rings. The molecular formula is C18H24. The minimum absolute atomic E-state index is 0.332. The lowest BCUT2D eigenvalue weighted by molar-refractivity contribution is 0.387. The van der Waals surface area contributed by atoms with Crippen molar-refractivity contribution < 1.29 is 0 Å². The van der Waals surface area contributed by atoms with E-state index in [2.05, 4.69) is 62.4 Å². The normalized spacial score (nSPS) is 15.6. The number of hydrogen-bond acceptors (Lipinski definition) is 0. The molecule has 0 N–H and O–H groups in total. The van der Waals surface area contributed by atoms with E-state index in [4.69, 9.17) is 0 Å². The fourth-order valence-electron chi connectivity index (χ4n) is 3.04. The highest BCUT2D eigenvalue weighted by Gasteiger charge is 2.29. The highest BCUT2D eigenvalue weighted by atomic mass is 14.3. The number of allylic oxidation sites excluding steroid dienone is 4. The van der Waals surface area contributed by atoms with Crippen LogP contribution in [0.25, 0.3) is 0 Å². The average molecular weight is 240 g/mol. The van der Waals surface area contributed by atoms with Crippen LogP contribution in [0.5, 0.6) is 0 Å². The van der Waals surface area contributed by atoms with Gasteiger partial charge in [0.1, 0.15) is 0 Å². The van der Waals surface area contributed by atoms with Crippen LogP contribution in [-0.4, -0.2) is 0 Å². The Morgan fingerprint density at radius 2 is 1.78 bits per heavy atom. The zero-order chi connectivity index (χ0) is 12.8. The Balaban J connectivity index is 2.26. The molecule has 0 aromatic heterocycles. The predicted octanol–water partition coefficient (Wildman–Crippen LogP) is 5.41. The molecule has 18 heavy (non-hydrogen) atoms. The highest BCUT2D eigenvalue weighted by molar-refractivity contribution is 5.29. The average Bonchev–Trinajstić information content (AvgIpc) is 2.47. The molecule has 2 rings (SSSR count). The first-order valence-corrected chi connectivity index (χ1v) is 7.21. The van der Waals surface area contributed by atoms with Crippen molar-refractivity contribution in [3.05, 3.63) is 59.7 Å². The van der Waals surface area contributed by atoms with Crippen molar-refractivity contribution in [2.75, 3.05) is 0 Å². The number of rotatable bonds is 5. The first kappa shape index (κ1) is 13.1. The summed E-state index contributed by atoms with van der Waals surface area (Å²) in [5.41, 5.74) is 3.45. The van der Waals surface area contributed by atoms with E-state index < -0.39 is 0 Å². The van der Waals surface area contributed by atoms with E-state index in [0.717, 1.165) is 0 Å². The Kier molecular flexibility index (Phi) is 4.41. The third-order valence-corrected chi connectivity index (χ3v) is 4.41. The smallest absolute Gasteiger partial charge is 0.00150 e. The van der Waals surface area contributed by atoms with Gasteiger partial charge in [0.15, 0.2) is 0 Å². The van der Waals surface area contributed by atoms with Crippen LogP contribution in [0.4, 0.5) is 0 Å². The summed E-state index contributed by atoms with van der Waals surface area (Å²) in [4.78, 5) is 0. The molecule has 0 saturated heterocycles. The summed E-state index contributed by atoms with van der Waals surface area (Å²) in [6, 6.07) is 11.1. The summed E-state index contributed by atoms with van der Waals surface area (Å²) >= 11 is 0. The second-order valence-electron chi connectivity index (χ2n) is 5.32. The zero-order valence-corrected chi connectivity index (χ0v) is 11.7. The van der Waals surface area contributed by atoms with E-state index >= 15 is 0 Å². The second kappa shape index (κ2) is 6.04. The van der Waals surface area contributed by atoms with Crippen LogP contribution in [-0.2, 0) is 5.41 Å². The molecule has 0 amide bonds. The Morgan fingerprint density at radius 1 is 1.06 bits per heavy atom. The second-order valence-corrected chi connectivity index (χ2v) is 5.32. The zero-order valence-electron chi connectivity index (χ0n) is 11.7. The third kappa shape index (κ3) is 2.75. The van der Waals surface area contributed by atoms with Crippen LogP contribution in [0.2, 0.25) is 0 Å². The quantitative estimate of drug-likeness (QED) is 0.645. The van der Waals surface area contributed by atoms with Gasteiger partial charge in [-0.3, -0.25) is 0 Å². The van der Waals surface area contributed by atoms with E-state index in [9.17, 15) is 0 Å². The fraction of sp³-hybridized carbons (Fsp3) is 0.444. The van der Waals surface area contributed by atoms with Gasteiger partial charge in [0.2, 0.25) is 0 Å². The Labute approximate surface area is 111 Å². The van der Waals surface area contributed by atoms with Crippen molar-refractivity contribution in [1.29, 1.82) is 0 Å². The van der Waals surface area contributed by atoms with Crippen molar-refractivity contribution >= 4 is 0 Å². The topological polar surface area (TPSA) is 0 Å². The molecule has 1 aliphatic carbocycles. The molecule has 1 aromatic rings. The van der Waals surface area contributed by atoms with Crippen LogP contribution < -0.4 is 0 Å². The molecule has 0 bridgehead atoms. The molecule has 0 radical (unpaired) electrons. The molecule has 0 unspecified atom stereocenters. The molecule has 0 spiro atoms. The maximum atomic E-state index is 2.33. The highest BCUT2D eigenvalue weighted by Crippen LogP contribution is 2.39. The molecule has 0 saturated carbocycles. The van der Waals surface area contributed by atoms with Gasteiger partial charge in [-0.2, -0.15) is 0 Å². The van der Waals surface area contributed by atoms with Gasteiger partial charge < -0.3 is 0 Å². The molecular weight excluding hydrogens is 216 g/mol. The van der Waals surface area contributed by atoms with Crippen molar-refractivity contribution in [1.82, 2.24) is 0 Å². The Morgan fingerprint density at radius 3 is 2.33 bits per heavy atom. The molecule has 96 valence electrons. The number of hydrogen-bond donors (Lipinski definition) is 0. The summed E-state index contributed by atoms with van der Waals surface area (Å²) in [6.45, 7) is 4.66. The molecule has 0 heterocycles. The first-order chi connectivity index (χ1) is 8.80. The predicted molar refractivity (Wildman–Crippen MR) is 79.8 cm³/mol. The monoisotopic (exact) mass is 240 g/mol. The van der Waals surface area contributed by atoms with Gasteiger partial charge in [-0.05, 0) is 43.1 Å². The van der Waals surface area contributed by atoms with Gasteiger partial charge >= 0.3 is 0 Å². The molecule has 0 nitrogen and oxygen atoms in total. The van der Waals surface area contributed by atoms with Crippen LogP contribution >= 0.6 is 0 Å². The number of benzene rings is 1. The maximum absolute atomic E-state index is 2.33. The van der Waals surface area contributed by atoms with Gasteiger partial charge in [0.05, 0.1) is 0 Å². The maximum Gasteiger partial charge on any atom is -0.00150 e. The molecule has 1 aromatic carbocycles. The lowest BCUT2D eigenvalue weighted by Crippen LogP contribution is -2.25. The molecule has 0 atom stereocenters. The van der Waals surface area contributed by atoms with Crippen LogP contribution in [0.1, 0.15) is 51.5 Å². The van der Waals surface area contributed by atoms with Gasteiger partial charge in [-0.1, -0.05) is 68.0 Å². The van der Waals surface area contributed by atoms with Crippen molar-refractivity contribution in [3.63, 3.8) is 0 Å². The van der Waals surface area contributed by atoms with E-state index in [1.807, 2.05) is 0 Å². The van der Waals surface area contributed by atoms with Crippen LogP contribution in [0.3, 0.4) is 0 Å². The molecule has 0 fully saturated rings. The van der Waals surface area contributed by atoms with Crippen LogP contribution in [0.15, 0.2) is 54.1 Å².